The minimum atomic E-state index is -0.660. The standard InChI is InChI=1S/C20H14Cl2N2O5S/c1-29-19(27)13-9-12(6-7-15(13)22)23-17(25)10-24-18(26)16(30-20(24)28)8-11-4-2-3-5-14(11)21/h2-9H,10H2,1H3,(H,23,25)/b16-8+. The molecule has 0 bridgehead atoms. The normalized spacial score (nSPS) is 14.9. The van der Waals surface area contributed by atoms with Crippen LogP contribution in [0.25, 0.3) is 6.08 Å². The van der Waals surface area contributed by atoms with Crippen molar-refractivity contribution in [2.45, 2.75) is 0 Å². The van der Waals surface area contributed by atoms with E-state index >= 15 is 0 Å². The van der Waals surface area contributed by atoms with Crippen LogP contribution in [-0.4, -0.2) is 41.6 Å². The molecule has 0 radical (unpaired) electrons. The topological polar surface area (TPSA) is 92.8 Å². The molecule has 7 nitrogen and oxygen atoms in total. The van der Waals surface area contributed by atoms with Gasteiger partial charge < -0.3 is 10.1 Å². The smallest absolute Gasteiger partial charge is 0.339 e. The van der Waals surface area contributed by atoms with Gasteiger partial charge >= 0.3 is 5.97 Å². The zero-order chi connectivity index (χ0) is 21.8. The molecule has 1 heterocycles. The van der Waals surface area contributed by atoms with E-state index < -0.39 is 29.6 Å². The summed E-state index contributed by atoms with van der Waals surface area (Å²) in [6, 6.07) is 11.1. The Morgan fingerprint density at radius 1 is 1.13 bits per heavy atom. The van der Waals surface area contributed by atoms with E-state index in [1.807, 2.05) is 0 Å². The van der Waals surface area contributed by atoms with Crippen molar-refractivity contribution in [3.8, 4) is 0 Å². The molecule has 30 heavy (non-hydrogen) atoms. The van der Waals surface area contributed by atoms with E-state index in [2.05, 4.69) is 10.1 Å². The van der Waals surface area contributed by atoms with Crippen LogP contribution in [0.5, 0.6) is 0 Å². The van der Waals surface area contributed by atoms with Gasteiger partial charge in [0.1, 0.15) is 6.54 Å². The first-order valence-electron chi connectivity index (χ1n) is 8.47. The molecular formula is C20H14Cl2N2O5S. The maximum Gasteiger partial charge on any atom is 0.339 e. The number of benzene rings is 2. The number of esters is 1. The second-order valence-corrected chi connectivity index (χ2v) is 7.83. The van der Waals surface area contributed by atoms with Crippen LogP contribution in [0.15, 0.2) is 47.4 Å². The highest BCUT2D eigenvalue weighted by molar-refractivity contribution is 8.18. The predicted octanol–water partition coefficient (Wildman–Crippen LogP) is 4.46. The lowest BCUT2D eigenvalue weighted by atomic mass is 10.2. The quantitative estimate of drug-likeness (QED) is 0.518. The Bertz CT molecular complexity index is 1090. The van der Waals surface area contributed by atoms with Gasteiger partial charge in [-0.25, -0.2) is 4.79 Å². The van der Waals surface area contributed by atoms with Crippen molar-refractivity contribution < 1.29 is 23.9 Å². The number of halogens is 2. The zero-order valence-corrected chi connectivity index (χ0v) is 17.8. The number of rotatable bonds is 5. The number of hydrogen-bond acceptors (Lipinski definition) is 6. The fourth-order valence-electron chi connectivity index (χ4n) is 2.58. The molecule has 1 fully saturated rings. The van der Waals surface area contributed by atoms with E-state index in [1.165, 1.54) is 31.4 Å². The summed E-state index contributed by atoms with van der Waals surface area (Å²) in [5, 5.41) is 2.56. The summed E-state index contributed by atoms with van der Waals surface area (Å²) in [5.74, 6) is -1.87. The first kappa shape index (κ1) is 21.9. The highest BCUT2D eigenvalue weighted by Crippen LogP contribution is 2.33. The van der Waals surface area contributed by atoms with E-state index in [4.69, 9.17) is 23.2 Å². The van der Waals surface area contributed by atoms with Crippen LogP contribution in [-0.2, 0) is 14.3 Å². The summed E-state index contributed by atoms with van der Waals surface area (Å²) in [5.41, 5.74) is 0.930. The summed E-state index contributed by atoms with van der Waals surface area (Å²) in [7, 11) is 1.21. The van der Waals surface area contributed by atoms with Gasteiger partial charge in [-0.05, 0) is 47.7 Å². The minimum absolute atomic E-state index is 0.0748. The molecule has 0 saturated carbocycles. The van der Waals surface area contributed by atoms with Gasteiger partial charge in [0, 0.05) is 10.7 Å². The molecule has 154 valence electrons. The molecular weight excluding hydrogens is 451 g/mol. The minimum Gasteiger partial charge on any atom is -0.465 e. The van der Waals surface area contributed by atoms with Gasteiger partial charge in [0.2, 0.25) is 5.91 Å². The van der Waals surface area contributed by atoms with Crippen molar-refractivity contribution in [3.63, 3.8) is 0 Å². The third kappa shape index (κ3) is 4.84. The zero-order valence-electron chi connectivity index (χ0n) is 15.5. The lowest BCUT2D eigenvalue weighted by Crippen LogP contribution is -2.36. The number of thioether (sulfide) groups is 1. The number of carbonyl (C=O) groups excluding carboxylic acids is 4. The number of anilines is 1. The molecule has 1 saturated heterocycles. The summed E-state index contributed by atoms with van der Waals surface area (Å²) in [4.78, 5) is 49.9. The average molecular weight is 465 g/mol. The number of imide groups is 1. The van der Waals surface area contributed by atoms with Gasteiger partial charge in [0.25, 0.3) is 11.1 Å². The molecule has 0 aromatic heterocycles. The number of ether oxygens (including phenoxy) is 1. The lowest BCUT2D eigenvalue weighted by molar-refractivity contribution is -0.127. The molecule has 1 aliphatic rings. The Morgan fingerprint density at radius 3 is 2.57 bits per heavy atom. The van der Waals surface area contributed by atoms with Crippen LogP contribution in [0.3, 0.4) is 0 Å². The van der Waals surface area contributed by atoms with Crippen molar-refractivity contribution in [1.82, 2.24) is 4.90 Å². The lowest BCUT2D eigenvalue weighted by Gasteiger charge is -2.13. The Balaban J connectivity index is 1.71. The molecule has 3 rings (SSSR count). The van der Waals surface area contributed by atoms with Crippen LogP contribution in [0.2, 0.25) is 10.0 Å². The maximum atomic E-state index is 12.6. The van der Waals surface area contributed by atoms with Gasteiger partial charge in [-0.3, -0.25) is 19.3 Å². The molecule has 0 spiro atoms. The number of methoxy groups -OCH3 is 1. The Morgan fingerprint density at radius 2 is 1.87 bits per heavy atom. The van der Waals surface area contributed by atoms with E-state index in [0.29, 0.717) is 10.6 Å². The van der Waals surface area contributed by atoms with Crippen LogP contribution >= 0.6 is 35.0 Å². The highest BCUT2D eigenvalue weighted by atomic mass is 35.5. The molecule has 0 unspecified atom stereocenters. The SMILES string of the molecule is COC(=O)c1cc(NC(=O)CN2C(=O)S/C(=C/c3ccccc3Cl)C2=O)ccc1Cl. The van der Waals surface area contributed by atoms with Crippen LogP contribution in [0.4, 0.5) is 10.5 Å². The fourth-order valence-corrected chi connectivity index (χ4v) is 3.80. The van der Waals surface area contributed by atoms with Crippen molar-refractivity contribution in [2.24, 2.45) is 0 Å². The van der Waals surface area contributed by atoms with Crippen molar-refractivity contribution in [3.05, 3.63) is 68.5 Å². The molecule has 3 amide bonds. The summed E-state index contributed by atoms with van der Waals surface area (Å²) < 4.78 is 4.63. The largest absolute Gasteiger partial charge is 0.465 e. The Labute approximate surface area is 186 Å². The van der Waals surface area contributed by atoms with Crippen molar-refractivity contribution in [2.75, 3.05) is 19.0 Å². The number of nitrogens with one attached hydrogen (secondary N) is 1. The summed E-state index contributed by atoms with van der Waals surface area (Å²) in [6.07, 6.45) is 1.51. The predicted molar refractivity (Wildman–Crippen MR) is 116 cm³/mol. The molecule has 0 atom stereocenters. The second-order valence-electron chi connectivity index (χ2n) is 6.02. The third-order valence-corrected chi connectivity index (χ3v) is 5.60. The van der Waals surface area contributed by atoms with E-state index in [9.17, 15) is 19.2 Å². The molecule has 0 aliphatic carbocycles. The average Bonchev–Trinajstić information content (AvgIpc) is 2.98. The van der Waals surface area contributed by atoms with E-state index in [-0.39, 0.29) is 21.2 Å². The van der Waals surface area contributed by atoms with Gasteiger partial charge in [-0.15, -0.1) is 0 Å². The van der Waals surface area contributed by atoms with Gasteiger partial charge in [-0.2, -0.15) is 0 Å². The molecule has 1 aliphatic heterocycles. The van der Waals surface area contributed by atoms with Gasteiger partial charge in [0.15, 0.2) is 0 Å². The highest BCUT2D eigenvalue weighted by Gasteiger charge is 2.36. The van der Waals surface area contributed by atoms with E-state index in [1.54, 1.807) is 24.3 Å². The van der Waals surface area contributed by atoms with E-state index in [0.717, 1.165) is 16.7 Å². The molecule has 2 aromatic rings. The summed E-state index contributed by atoms with van der Waals surface area (Å²) >= 11 is 12.8. The first-order valence-corrected chi connectivity index (χ1v) is 10.0. The van der Waals surface area contributed by atoms with Crippen LogP contribution < -0.4 is 5.32 Å². The Kier molecular flexibility index (Phi) is 6.81. The first-order chi connectivity index (χ1) is 14.3. The van der Waals surface area contributed by atoms with Crippen molar-refractivity contribution >= 4 is 69.8 Å². The number of amides is 3. The number of hydrogen-bond donors (Lipinski definition) is 1. The van der Waals surface area contributed by atoms with Crippen LogP contribution in [0.1, 0.15) is 15.9 Å². The monoisotopic (exact) mass is 464 g/mol. The number of nitrogens with zero attached hydrogens (tertiary/aromatic N) is 1. The Hall–Kier alpha value is -2.81. The van der Waals surface area contributed by atoms with Crippen molar-refractivity contribution in [1.29, 1.82) is 0 Å². The third-order valence-electron chi connectivity index (χ3n) is 4.02. The summed E-state index contributed by atoms with van der Waals surface area (Å²) in [6.45, 7) is -0.485. The molecule has 10 heteroatoms. The van der Waals surface area contributed by atoms with Gasteiger partial charge in [0.05, 0.1) is 22.6 Å². The number of carbonyl (C=O) groups is 4. The maximum absolute atomic E-state index is 12.6. The second kappa shape index (κ2) is 9.34. The molecule has 2 aromatic carbocycles. The molecule has 1 N–H and O–H groups in total. The van der Waals surface area contributed by atoms with Crippen LogP contribution in [0, 0.1) is 0 Å². The van der Waals surface area contributed by atoms with Gasteiger partial charge in [-0.1, -0.05) is 41.4 Å². The fraction of sp³-hybridized carbons (Fsp3) is 0.100.